The van der Waals surface area contributed by atoms with Crippen molar-refractivity contribution in [3.05, 3.63) is 48.0 Å². The van der Waals surface area contributed by atoms with Crippen molar-refractivity contribution in [2.24, 2.45) is 0 Å². The van der Waals surface area contributed by atoms with Crippen molar-refractivity contribution >= 4 is 10.8 Å². The second-order valence-corrected chi connectivity index (χ2v) is 4.77. The van der Waals surface area contributed by atoms with E-state index in [0.717, 1.165) is 16.3 Å². The minimum absolute atomic E-state index is 0.427. The summed E-state index contributed by atoms with van der Waals surface area (Å²) in [4.78, 5) is 0. The van der Waals surface area contributed by atoms with Crippen molar-refractivity contribution in [3.63, 3.8) is 0 Å². The third-order valence-corrected chi connectivity index (χ3v) is 3.24. The van der Waals surface area contributed by atoms with Gasteiger partial charge in [0.2, 0.25) is 0 Å². The molecule has 0 aliphatic carbocycles. The molecule has 1 unspecified atom stereocenters. The first-order valence-corrected chi connectivity index (χ1v) is 6.28. The summed E-state index contributed by atoms with van der Waals surface area (Å²) in [6.45, 7) is 0.629. The Hall–Kier alpha value is -1.62. The van der Waals surface area contributed by atoms with E-state index >= 15 is 0 Å². The zero-order valence-electron chi connectivity index (χ0n) is 10.9. The highest BCUT2D eigenvalue weighted by molar-refractivity contribution is 5.83. The molecule has 2 rings (SSSR count). The third-order valence-electron chi connectivity index (χ3n) is 3.24. The number of rotatable bonds is 5. The predicted octanol–water partition coefficient (Wildman–Crippen LogP) is 4.39. The lowest BCUT2D eigenvalue weighted by atomic mass is 10.0. The van der Waals surface area contributed by atoms with E-state index in [9.17, 15) is 17.6 Å². The van der Waals surface area contributed by atoms with Gasteiger partial charge in [0, 0.05) is 6.04 Å². The van der Waals surface area contributed by atoms with E-state index in [0.29, 0.717) is 0 Å². The Bertz CT molecular complexity index is 583. The molecule has 0 saturated carbocycles. The maximum absolute atomic E-state index is 12.9. The molecule has 0 fully saturated rings. The summed E-state index contributed by atoms with van der Waals surface area (Å²) >= 11 is 0. The minimum atomic E-state index is -4.01. The summed E-state index contributed by atoms with van der Waals surface area (Å²) < 4.78 is 49.9. The third kappa shape index (κ3) is 3.28. The quantitative estimate of drug-likeness (QED) is 0.803. The van der Waals surface area contributed by atoms with Gasteiger partial charge >= 0.3 is 12.3 Å². The highest BCUT2D eigenvalue weighted by atomic mass is 19.3. The van der Waals surface area contributed by atoms with Gasteiger partial charge in [0.15, 0.2) is 0 Å². The molecular formula is C15H15F4N. The molecule has 2 aromatic rings. The number of hydrogen-bond acceptors (Lipinski definition) is 1. The van der Waals surface area contributed by atoms with Crippen molar-refractivity contribution in [2.45, 2.75) is 25.3 Å². The first kappa shape index (κ1) is 14.8. The summed E-state index contributed by atoms with van der Waals surface area (Å²) in [5.41, 5.74) is 0.786. The van der Waals surface area contributed by atoms with Crippen molar-refractivity contribution in [2.75, 3.05) is 6.54 Å². The SMILES string of the molecule is CC(NCC(F)(F)C(F)F)c1ccc2ccccc2c1. The van der Waals surface area contributed by atoms with E-state index in [2.05, 4.69) is 5.32 Å². The summed E-state index contributed by atoms with van der Waals surface area (Å²) in [7, 11) is 0. The van der Waals surface area contributed by atoms with E-state index in [1.54, 1.807) is 13.0 Å². The van der Waals surface area contributed by atoms with Crippen LogP contribution in [0, 0.1) is 0 Å². The average molecular weight is 285 g/mol. The van der Waals surface area contributed by atoms with E-state index < -0.39 is 24.9 Å². The number of halogens is 4. The van der Waals surface area contributed by atoms with Gasteiger partial charge in [-0.3, -0.25) is 0 Å². The molecule has 0 spiro atoms. The average Bonchev–Trinajstić information content (AvgIpc) is 2.44. The summed E-state index contributed by atoms with van der Waals surface area (Å²) in [6.07, 6.45) is -3.65. The van der Waals surface area contributed by atoms with Gasteiger partial charge in [0.25, 0.3) is 0 Å². The Morgan fingerprint density at radius 1 is 1.05 bits per heavy atom. The first-order valence-electron chi connectivity index (χ1n) is 6.28. The van der Waals surface area contributed by atoms with E-state index in [-0.39, 0.29) is 0 Å². The number of fused-ring (bicyclic) bond motifs is 1. The lowest BCUT2D eigenvalue weighted by Crippen LogP contribution is -2.39. The Labute approximate surface area is 114 Å². The van der Waals surface area contributed by atoms with Gasteiger partial charge in [-0.25, -0.2) is 8.78 Å². The molecule has 108 valence electrons. The van der Waals surface area contributed by atoms with E-state index in [1.165, 1.54) is 0 Å². The summed E-state index contributed by atoms with van der Waals surface area (Å²) in [5, 5.41) is 4.48. The van der Waals surface area contributed by atoms with E-state index in [4.69, 9.17) is 0 Å². The molecule has 0 saturated heterocycles. The predicted molar refractivity (Wildman–Crippen MR) is 71.3 cm³/mol. The summed E-state index contributed by atoms with van der Waals surface area (Å²) in [5.74, 6) is -4.01. The monoisotopic (exact) mass is 285 g/mol. The van der Waals surface area contributed by atoms with Gasteiger partial charge < -0.3 is 5.32 Å². The fourth-order valence-corrected chi connectivity index (χ4v) is 1.96. The molecule has 2 aromatic carbocycles. The Kier molecular flexibility index (Phi) is 4.28. The van der Waals surface area contributed by atoms with Gasteiger partial charge in [-0.1, -0.05) is 36.4 Å². The zero-order valence-corrected chi connectivity index (χ0v) is 10.9. The second-order valence-electron chi connectivity index (χ2n) is 4.77. The standard InChI is InChI=1S/C15H15F4N/c1-10(20-9-15(18,19)14(16)17)12-7-6-11-4-2-3-5-13(11)8-12/h2-8,10,14,20H,9H2,1H3. The molecule has 5 heteroatoms. The van der Waals surface area contributed by atoms with Crippen LogP contribution < -0.4 is 5.32 Å². The van der Waals surface area contributed by atoms with Crippen LogP contribution in [0.2, 0.25) is 0 Å². The molecule has 1 N–H and O–H groups in total. The van der Waals surface area contributed by atoms with Crippen LogP contribution >= 0.6 is 0 Å². The minimum Gasteiger partial charge on any atom is -0.304 e. The number of nitrogens with one attached hydrogen (secondary N) is 1. The highest BCUT2D eigenvalue weighted by Gasteiger charge is 2.40. The van der Waals surface area contributed by atoms with Crippen molar-refractivity contribution < 1.29 is 17.6 Å². The van der Waals surface area contributed by atoms with Crippen molar-refractivity contribution in [3.8, 4) is 0 Å². The van der Waals surface area contributed by atoms with Gasteiger partial charge in [-0.2, -0.15) is 8.78 Å². The van der Waals surface area contributed by atoms with Crippen LogP contribution in [0.15, 0.2) is 42.5 Å². The van der Waals surface area contributed by atoms with Crippen LogP contribution in [-0.4, -0.2) is 18.9 Å². The highest BCUT2D eigenvalue weighted by Crippen LogP contribution is 2.24. The molecule has 0 aromatic heterocycles. The summed E-state index contributed by atoms with van der Waals surface area (Å²) in [6, 6.07) is 12.8. The van der Waals surface area contributed by atoms with Gasteiger partial charge in [-0.15, -0.1) is 0 Å². The fraction of sp³-hybridized carbons (Fsp3) is 0.333. The molecule has 0 bridgehead atoms. The van der Waals surface area contributed by atoms with Crippen LogP contribution in [-0.2, 0) is 0 Å². The zero-order chi connectivity index (χ0) is 14.8. The van der Waals surface area contributed by atoms with Crippen molar-refractivity contribution in [1.29, 1.82) is 0 Å². The maximum atomic E-state index is 12.9. The molecule has 0 radical (unpaired) electrons. The Morgan fingerprint density at radius 2 is 1.70 bits per heavy atom. The van der Waals surface area contributed by atoms with Crippen LogP contribution in [0.5, 0.6) is 0 Å². The fourth-order valence-electron chi connectivity index (χ4n) is 1.96. The van der Waals surface area contributed by atoms with Gasteiger partial charge in [0.1, 0.15) is 0 Å². The van der Waals surface area contributed by atoms with Crippen LogP contribution in [0.4, 0.5) is 17.6 Å². The lowest BCUT2D eigenvalue weighted by Gasteiger charge is -2.20. The lowest BCUT2D eigenvalue weighted by molar-refractivity contribution is -0.126. The molecule has 0 amide bonds. The van der Waals surface area contributed by atoms with Gasteiger partial charge in [-0.05, 0) is 29.3 Å². The second kappa shape index (κ2) is 5.79. The molecule has 0 aliphatic heterocycles. The molecular weight excluding hydrogens is 270 g/mol. The molecule has 0 heterocycles. The van der Waals surface area contributed by atoms with Crippen molar-refractivity contribution in [1.82, 2.24) is 5.32 Å². The largest absolute Gasteiger partial charge is 0.319 e. The molecule has 20 heavy (non-hydrogen) atoms. The van der Waals surface area contributed by atoms with Crippen LogP contribution in [0.1, 0.15) is 18.5 Å². The van der Waals surface area contributed by atoms with Crippen LogP contribution in [0.25, 0.3) is 10.8 Å². The van der Waals surface area contributed by atoms with Crippen LogP contribution in [0.3, 0.4) is 0 Å². The first-order chi connectivity index (χ1) is 9.40. The topological polar surface area (TPSA) is 12.0 Å². The molecule has 1 atom stereocenters. The van der Waals surface area contributed by atoms with Gasteiger partial charge in [0.05, 0.1) is 6.54 Å². The number of alkyl halides is 4. The Morgan fingerprint density at radius 3 is 2.35 bits per heavy atom. The Balaban J connectivity index is 2.09. The van der Waals surface area contributed by atoms with E-state index in [1.807, 2.05) is 36.4 Å². The normalized spacial score (nSPS) is 13.9. The number of benzene rings is 2. The smallest absolute Gasteiger partial charge is 0.304 e. The molecule has 1 nitrogen and oxygen atoms in total. The number of hydrogen-bond donors (Lipinski definition) is 1. The molecule has 0 aliphatic rings. The maximum Gasteiger partial charge on any atom is 0.319 e.